The zero-order valence-electron chi connectivity index (χ0n) is 11.1. The first-order valence-corrected chi connectivity index (χ1v) is 6.42. The second-order valence-corrected chi connectivity index (χ2v) is 5.08. The summed E-state index contributed by atoms with van der Waals surface area (Å²) >= 11 is 0. The van der Waals surface area contributed by atoms with Crippen LogP contribution in [0.3, 0.4) is 0 Å². The van der Waals surface area contributed by atoms with Crippen LogP contribution in [0.2, 0.25) is 0 Å². The lowest BCUT2D eigenvalue weighted by Crippen LogP contribution is -2.42. The molecule has 0 bridgehead atoms. The molecule has 102 valence electrons. The van der Waals surface area contributed by atoms with Crippen LogP contribution >= 0.6 is 0 Å². The fraction of sp³-hybridized carbons (Fsp3) is 0.429. The highest BCUT2D eigenvalue weighted by Crippen LogP contribution is 2.10. The van der Waals surface area contributed by atoms with Crippen LogP contribution in [-0.2, 0) is 4.79 Å². The summed E-state index contributed by atoms with van der Waals surface area (Å²) in [6.45, 7) is 4.57. The Labute approximate surface area is 112 Å². The third-order valence-electron chi connectivity index (χ3n) is 2.89. The van der Waals surface area contributed by atoms with Crippen molar-refractivity contribution >= 4 is 11.6 Å². The maximum absolute atomic E-state index is 12.9. The van der Waals surface area contributed by atoms with E-state index in [2.05, 4.69) is 15.8 Å². The zero-order valence-corrected chi connectivity index (χ0v) is 11.1. The second kappa shape index (κ2) is 5.82. The van der Waals surface area contributed by atoms with Crippen LogP contribution in [0, 0.1) is 11.7 Å². The fourth-order valence-electron chi connectivity index (χ4n) is 2.03. The molecular formula is C14H18FN3O. The van der Waals surface area contributed by atoms with E-state index >= 15 is 0 Å². The predicted octanol–water partition coefficient (Wildman–Crippen LogP) is 1.66. The lowest BCUT2D eigenvalue weighted by Gasteiger charge is -2.15. The Morgan fingerprint density at radius 1 is 1.47 bits per heavy atom. The average Bonchev–Trinajstić information content (AvgIpc) is 2.77. The summed E-state index contributed by atoms with van der Waals surface area (Å²) < 4.78 is 12.9. The van der Waals surface area contributed by atoms with E-state index in [0.717, 1.165) is 11.3 Å². The Morgan fingerprint density at radius 2 is 2.16 bits per heavy atom. The molecule has 1 heterocycles. The average molecular weight is 263 g/mol. The van der Waals surface area contributed by atoms with Crippen molar-refractivity contribution in [3.63, 3.8) is 0 Å². The maximum atomic E-state index is 12.9. The van der Waals surface area contributed by atoms with Crippen molar-refractivity contribution in [1.29, 1.82) is 0 Å². The van der Waals surface area contributed by atoms with E-state index in [4.69, 9.17) is 0 Å². The minimum atomic E-state index is -0.282. The first-order valence-electron chi connectivity index (χ1n) is 6.42. The minimum Gasteiger partial charge on any atom is -0.346 e. The molecule has 2 rings (SSSR count). The van der Waals surface area contributed by atoms with Gasteiger partial charge in [0.1, 0.15) is 5.82 Å². The van der Waals surface area contributed by atoms with Gasteiger partial charge < -0.3 is 10.7 Å². The normalized spacial score (nSPS) is 18.1. The highest BCUT2D eigenvalue weighted by Gasteiger charge is 2.24. The van der Waals surface area contributed by atoms with Crippen LogP contribution in [-0.4, -0.2) is 24.2 Å². The van der Waals surface area contributed by atoms with Crippen molar-refractivity contribution in [2.75, 3.05) is 6.54 Å². The summed E-state index contributed by atoms with van der Waals surface area (Å²) in [5.41, 5.74) is 4.44. The number of hydrogen-bond donors (Lipinski definition) is 2. The molecule has 0 spiro atoms. The number of nitrogens with zero attached hydrogens (tertiary/aromatic N) is 1. The third-order valence-corrected chi connectivity index (χ3v) is 2.89. The van der Waals surface area contributed by atoms with E-state index in [1.807, 2.05) is 13.8 Å². The van der Waals surface area contributed by atoms with E-state index in [1.54, 1.807) is 12.1 Å². The molecule has 19 heavy (non-hydrogen) atoms. The molecule has 1 aliphatic rings. The van der Waals surface area contributed by atoms with Crippen LogP contribution in [0.15, 0.2) is 29.4 Å². The lowest BCUT2D eigenvalue weighted by atomic mass is 10.0. The van der Waals surface area contributed by atoms with E-state index in [1.165, 1.54) is 12.1 Å². The summed E-state index contributed by atoms with van der Waals surface area (Å²) in [5, 5.41) is 7.13. The van der Waals surface area contributed by atoms with Gasteiger partial charge in [-0.3, -0.25) is 4.79 Å². The van der Waals surface area contributed by atoms with Crippen molar-refractivity contribution in [3.05, 3.63) is 35.6 Å². The molecule has 0 saturated heterocycles. The highest BCUT2D eigenvalue weighted by atomic mass is 19.1. The fourth-order valence-corrected chi connectivity index (χ4v) is 2.03. The molecule has 4 nitrogen and oxygen atoms in total. The zero-order chi connectivity index (χ0) is 13.8. The van der Waals surface area contributed by atoms with Gasteiger partial charge in [0.15, 0.2) is 0 Å². The Morgan fingerprint density at radius 3 is 2.79 bits per heavy atom. The summed E-state index contributed by atoms with van der Waals surface area (Å²) in [7, 11) is 0. The van der Waals surface area contributed by atoms with Gasteiger partial charge in [-0.15, -0.1) is 0 Å². The summed E-state index contributed by atoms with van der Waals surface area (Å²) in [6, 6.07) is 5.97. The third kappa shape index (κ3) is 3.53. The van der Waals surface area contributed by atoms with Gasteiger partial charge in [0.25, 0.3) is 0 Å². The molecule has 1 aliphatic heterocycles. The van der Waals surface area contributed by atoms with Crippen LogP contribution in [0.25, 0.3) is 0 Å². The maximum Gasteiger partial charge on any atom is 0.220 e. The first kappa shape index (κ1) is 13.5. The first-order chi connectivity index (χ1) is 9.06. The molecule has 5 heteroatoms. The number of carbonyl (C=O) groups is 1. The highest BCUT2D eigenvalue weighted by molar-refractivity contribution is 6.06. The molecule has 0 radical (unpaired) electrons. The van der Waals surface area contributed by atoms with Crippen LogP contribution in [0.1, 0.15) is 25.8 Å². The predicted molar refractivity (Wildman–Crippen MR) is 72.3 cm³/mol. The largest absolute Gasteiger partial charge is 0.346 e. The number of halogens is 1. The van der Waals surface area contributed by atoms with Crippen LogP contribution in [0.5, 0.6) is 0 Å². The van der Waals surface area contributed by atoms with Gasteiger partial charge in [0.05, 0.1) is 18.3 Å². The topological polar surface area (TPSA) is 53.5 Å². The van der Waals surface area contributed by atoms with Gasteiger partial charge in [-0.1, -0.05) is 26.0 Å². The van der Waals surface area contributed by atoms with Crippen LogP contribution in [0.4, 0.5) is 4.39 Å². The van der Waals surface area contributed by atoms with Gasteiger partial charge in [-0.25, -0.2) is 4.39 Å². The van der Waals surface area contributed by atoms with Gasteiger partial charge >= 0.3 is 0 Å². The van der Waals surface area contributed by atoms with Crippen molar-refractivity contribution in [2.24, 2.45) is 11.0 Å². The Bertz CT molecular complexity index is 482. The van der Waals surface area contributed by atoms with Crippen molar-refractivity contribution < 1.29 is 9.18 Å². The standard InChI is InChI=1S/C14H18FN3O/c1-9(2)7-13(19)17-12-8-16-18-14(12)10-3-5-11(15)6-4-10/h3-6,9,12,16H,7-8H2,1-2H3,(H,17,19). The quantitative estimate of drug-likeness (QED) is 0.868. The summed E-state index contributed by atoms with van der Waals surface area (Å²) in [6.07, 6.45) is 0.493. The van der Waals surface area contributed by atoms with Crippen molar-refractivity contribution in [1.82, 2.24) is 10.7 Å². The van der Waals surface area contributed by atoms with Gasteiger partial charge in [0, 0.05) is 12.0 Å². The molecule has 1 unspecified atom stereocenters. The monoisotopic (exact) mass is 263 g/mol. The summed E-state index contributed by atoms with van der Waals surface area (Å²) in [5.74, 6) is 0.0507. The van der Waals surface area contributed by atoms with Gasteiger partial charge in [-0.2, -0.15) is 5.10 Å². The Balaban J connectivity index is 2.04. The SMILES string of the molecule is CC(C)CC(=O)NC1CNN=C1c1ccc(F)cc1. The van der Waals surface area contributed by atoms with E-state index in [0.29, 0.717) is 18.9 Å². The minimum absolute atomic E-state index is 0.0125. The number of amides is 1. The number of hydrazone groups is 1. The van der Waals surface area contributed by atoms with E-state index < -0.39 is 0 Å². The molecule has 0 saturated carbocycles. The van der Waals surface area contributed by atoms with Crippen molar-refractivity contribution in [3.8, 4) is 0 Å². The molecule has 0 aromatic heterocycles. The number of rotatable bonds is 4. The Kier molecular flexibility index (Phi) is 4.14. The number of nitrogens with one attached hydrogen (secondary N) is 2. The number of benzene rings is 1. The number of carbonyl (C=O) groups excluding carboxylic acids is 1. The lowest BCUT2D eigenvalue weighted by molar-refractivity contribution is -0.122. The molecule has 1 amide bonds. The number of hydrogen-bond acceptors (Lipinski definition) is 3. The molecule has 0 fully saturated rings. The molecule has 0 aliphatic carbocycles. The van der Waals surface area contributed by atoms with E-state index in [9.17, 15) is 9.18 Å². The Hall–Kier alpha value is -1.91. The van der Waals surface area contributed by atoms with Crippen molar-refractivity contribution in [2.45, 2.75) is 26.3 Å². The molecule has 1 aromatic rings. The summed E-state index contributed by atoms with van der Waals surface area (Å²) in [4.78, 5) is 11.8. The smallest absolute Gasteiger partial charge is 0.220 e. The van der Waals surface area contributed by atoms with Gasteiger partial charge in [-0.05, 0) is 18.1 Å². The second-order valence-electron chi connectivity index (χ2n) is 5.08. The molecule has 1 aromatic carbocycles. The van der Waals surface area contributed by atoms with E-state index in [-0.39, 0.29) is 17.8 Å². The molecule has 2 N–H and O–H groups in total. The van der Waals surface area contributed by atoms with Gasteiger partial charge in [0.2, 0.25) is 5.91 Å². The molecular weight excluding hydrogens is 245 g/mol. The molecule has 1 atom stereocenters. The van der Waals surface area contributed by atoms with Crippen LogP contribution < -0.4 is 10.7 Å².